The van der Waals surface area contributed by atoms with Crippen molar-refractivity contribution in [2.75, 3.05) is 26.3 Å². The number of rotatable bonds is 4. The third kappa shape index (κ3) is 6.91. The second kappa shape index (κ2) is 10.4. The normalized spacial score (nSPS) is 25.1. The van der Waals surface area contributed by atoms with Gasteiger partial charge >= 0.3 is 0 Å². The zero-order valence-electron chi connectivity index (χ0n) is 12.4. The number of ether oxygens (including phenoxy) is 1. The third-order valence-electron chi connectivity index (χ3n) is 4.24. The van der Waals surface area contributed by atoms with Crippen LogP contribution in [0.1, 0.15) is 51.4 Å². The molecule has 2 aliphatic rings. The number of amides is 1. The minimum atomic E-state index is 0. The highest BCUT2D eigenvalue weighted by molar-refractivity contribution is 5.85. The van der Waals surface area contributed by atoms with Crippen molar-refractivity contribution in [3.8, 4) is 0 Å². The minimum absolute atomic E-state index is 0. The molecule has 0 aromatic heterocycles. The number of halogens is 1. The number of morpholine rings is 1. The van der Waals surface area contributed by atoms with Crippen molar-refractivity contribution in [2.24, 2.45) is 5.92 Å². The van der Waals surface area contributed by atoms with Gasteiger partial charge in [0.05, 0.1) is 13.2 Å². The summed E-state index contributed by atoms with van der Waals surface area (Å²) in [7, 11) is 0. The summed E-state index contributed by atoms with van der Waals surface area (Å²) in [6.07, 6.45) is 9.91. The summed E-state index contributed by atoms with van der Waals surface area (Å²) in [6, 6.07) is 0.200. The summed E-state index contributed by atoms with van der Waals surface area (Å²) in [5.74, 6) is 0.866. The van der Waals surface area contributed by atoms with Crippen LogP contribution in [0.4, 0.5) is 0 Å². The molecule has 1 atom stereocenters. The largest absolute Gasteiger partial charge is 0.378 e. The van der Waals surface area contributed by atoms with Crippen LogP contribution in [-0.2, 0) is 9.53 Å². The Kier molecular flexibility index (Phi) is 9.23. The van der Waals surface area contributed by atoms with Gasteiger partial charge in [0.2, 0.25) is 5.91 Å². The molecule has 0 aromatic rings. The maximum absolute atomic E-state index is 11.9. The van der Waals surface area contributed by atoms with Crippen molar-refractivity contribution in [2.45, 2.75) is 57.4 Å². The van der Waals surface area contributed by atoms with Gasteiger partial charge in [-0.05, 0) is 18.8 Å². The topological polar surface area (TPSA) is 50.4 Å². The molecule has 1 aliphatic carbocycles. The molecule has 0 bridgehead atoms. The molecule has 1 aliphatic heterocycles. The summed E-state index contributed by atoms with van der Waals surface area (Å²) in [6.45, 7) is 3.16. The molecular weight excluding hydrogens is 276 g/mol. The lowest BCUT2D eigenvalue weighted by Gasteiger charge is -2.24. The highest BCUT2D eigenvalue weighted by Crippen LogP contribution is 2.21. The van der Waals surface area contributed by atoms with E-state index >= 15 is 0 Å². The van der Waals surface area contributed by atoms with E-state index in [1.807, 2.05) is 0 Å². The van der Waals surface area contributed by atoms with Gasteiger partial charge in [-0.15, -0.1) is 12.4 Å². The number of carbonyl (C=O) groups excluding carboxylic acids is 1. The van der Waals surface area contributed by atoms with E-state index in [0.29, 0.717) is 18.9 Å². The number of hydrogen-bond acceptors (Lipinski definition) is 3. The van der Waals surface area contributed by atoms with Crippen LogP contribution in [0.25, 0.3) is 0 Å². The van der Waals surface area contributed by atoms with Gasteiger partial charge in [-0.1, -0.05) is 32.1 Å². The summed E-state index contributed by atoms with van der Waals surface area (Å²) in [5.41, 5.74) is 0. The van der Waals surface area contributed by atoms with Crippen molar-refractivity contribution >= 4 is 18.3 Å². The molecular formula is C15H29ClN2O2. The highest BCUT2D eigenvalue weighted by atomic mass is 35.5. The molecule has 5 heteroatoms. The van der Waals surface area contributed by atoms with Gasteiger partial charge < -0.3 is 15.4 Å². The quantitative estimate of drug-likeness (QED) is 0.837. The number of nitrogens with one attached hydrogen (secondary N) is 2. The van der Waals surface area contributed by atoms with E-state index in [1.165, 1.54) is 44.9 Å². The van der Waals surface area contributed by atoms with E-state index in [0.717, 1.165) is 19.7 Å². The van der Waals surface area contributed by atoms with Crippen molar-refractivity contribution in [3.05, 3.63) is 0 Å². The summed E-state index contributed by atoms with van der Waals surface area (Å²) in [4.78, 5) is 11.9. The van der Waals surface area contributed by atoms with Gasteiger partial charge in [0.1, 0.15) is 0 Å². The first kappa shape index (κ1) is 17.7. The first-order valence-electron chi connectivity index (χ1n) is 7.92. The molecule has 20 heavy (non-hydrogen) atoms. The predicted molar refractivity (Wildman–Crippen MR) is 83.3 cm³/mol. The van der Waals surface area contributed by atoms with E-state index in [9.17, 15) is 4.79 Å². The van der Waals surface area contributed by atoms with Gasteiger partial charge in [0, 0.05) is 25.6 Å². The Labute approximate surface area is 128 Å². The Balaban J connectivity index is 0.00000200. The average Bonchev–Trinajstić information content (AvgIpc) is 2.38. The first-order valence-corrected chi connectivity index (χ1v) is 7.92. The molecule has 1 heterocycles. The fourth-order valence-corrected chi connectivity index (χ4v) is 3.05. The third-order valence-corrected chi connectivity index (χ3v) is 4.24. The molecule has 1 unspecified atom stereocenters. The smallest absolute Gasteiger partial charge is 0.221 e. The Hall–Kier alpha value is -0.320. The first-order chi connectivity index (χ1) is 9.34. The van der Waals surface area contributed by atoms with Gasteiger partial charge in [-0.25, -0.2) is 0 Å². The molecule has 2 N–H and O–H groups in total. The fourth-order valence-electron chi connectivity index (χ4n) is 3.05. The monoisotopic (exact) mass is 304 g/mol. The van der Waals surface area contributed by atoms with Crippen LogP contribution in [0.3, 0.4) is 0 Å². The van der Waals surface area contributed by atoms with Crippen LogP contribution < -0.4 is 10.6 Å². The van der Waals surface area contributed by atoms with Crippen LogP contribution in [0.15, 0.2) is 0 Å². The van der Waals surface area contributed by atoms with Crippen molar-refractivity contribution in [1.29, 1.82) is 0 Å². The van der Waals surface area contributed by atoms with Crippen LogP contribution in [0.5, 0.6) is 0 Å². The maximum Gasteiger partial charge on any atom is 0.221 e. The Morgan fingerprint density at radius 3 is 2.50 bits per heavy atom. The second-order valence-electron chi connectivity index (χ2n) is 5.95. The van der Waals surface area contributed by atoms with E-state index in [4.69, 9.17) is 4.74 Å². The number of carbonyl (C=O) groups is 1. The molecule has 0 spiro atoms. The highest BCUT2D eigenvalue weighted by Gasteiger charge is 2.18. The molecule has 1 amide bonds. The molecule has 2 rings (SSSR count). The SMILES string of the molecule is Cl.O=C(CC1COCCN1)NCC1CCCCCCC1. The molecule has 1 saturated carbocycles. The zero-order chi connectivity index (χ0) is 13.3. The van der Waals surface area contributed by atoms with Gasteiger partial charge in [-0.3, -0.25) is 4.79 Å². The Morgan fingerprint density at radius 2 is 1.85 bits per heavy atom. The lowest BCUT2D eigenvalue weighted by molar-refractivity contribution is -0.122. The van der Waals surface area contributed by atoms with E-state index in [2.05, 4.69) is 10.6 Å². The lowest BCUT2D eigenvalue weighted by atomic mass is 9.91. The Morgan fingerprint density at radius 1 is 1.15 bits per heavy atom. The van der Waals surface area contributed by atoms with Crippen molar-refractivity contribution in [3.63, 3.8) is 0 Å². The summed E-state index contributed by atoms with van der Waals surface area (Å²) in [5, 5.41) is 6.43. The van der Waals surface area contributed by atoms with E-state index in [1.54, 1.807) is 0 Å². The van der Waals surface area contributed by atoms with Gasteiger partial charge in [0.25, 0.3) is 0 Å². The standard InChI is InChI=1S/C15H28N2O2.ClH/c18-15(10-14-12-19-9-8-16-14)17-11-13-6-4-2-1-3-5-7-13;/h13-14,16H,1-12H2,(H,17,18);1H. The van der Waals surface area contributed by atoms with Crippen molar-refractivity contribution < 1.29 is 9.53 Å². The van der Waals surface area contributed by atoms with Gasteiger partial charge in [0.15, 0.2) is 0 Å². The molecule has 118 valence electrons. The zero-order valence-corrected chi connectivity index (χ0v) is 13.2. The minimum Gasteiger partial charge on any atom is -0.378 e. The summed E-state index contributed by atoms with van der Waals surface area (Å²) >= 11 is 0. The van der Waals surface area contributed by atoms with Gasteiger partial charge in [-0.2, -0.15) is 0 Å². The second-order valence-corrected chi connectivity index (χ2v) is 5.95. The molecule has 0 radical (unpaired) electrons. The van der Waals surface area contributed by atoms with Crippen LogP contribution in [0.2, 0.25) is 0 Å². The van der Waals surface area contributed by atoms with Crippen LogP contribution in [0, 0.1) is 5.92 Å². The Bertz CT molecular complexity index is 263. The average molecular weight is 305 g/mol. The molecule has 2 fully saturated rings. The van der Waals surface area contributed by atoms with Crippen LogP contribution in [-0.4, -0.2) is 38.3 Å². The molecule has 1 saturated heterocycles. The molecule has 4 nitrogen and oxygen atoms in total. The predicted octanol–water partition coefficient (Wildman–Crippen LogP) is 2.26. The summed E-state index contributed by atoms with van der Waals surface area (Å²) < 4.78 is 5.37. The maximum atomic E-state index is 11.9. The van der Waals surface area contributed by atoms with E-state index < -0.39 is 0 Å². The van der Waals surface area contributed by atoms with E-state index in [-0.39, 0.29) is 24.4 Å². The fraction of sp³-hybridized carbons (Fsp3) is 0.933. The molecule has 0 aromatic carbocycles. The lowest BCUT2D eigenvalue weighted by Crippen LogP contribution is -2.44. The van der Waals surface area contributed by atoms with Crippen LogP contribution >= 0.6 is 12.4 Å². The van der Waals surface area contributed by atoms with Crippen molar-refractivity contribution in [1.82, 2.24) is 10.6 Å². The number of hydrogen-bond donors (Lipinski definition) is 2.